The van der Waals surface area contributed by atoms with Crippen LogP contribution in [0, 0.1) is 11.6 Å². The van der Waals surface area contributed by atoms with E-state index in [0.29, 0.717) is 23.8 Å². The third-order valence-electron chi connectivity index (χ3n) is 4.94. The number of halogens is 2. The van der Waals surface area contributed by atoms with Gasteiger partial charge in [-0.3, -0.25) is 4.90 Å². The Balaban J connectivity index is 1.19. The van der Waals surface area contributed by atoms with Crippen LogP contribution in [0.3, 0.4) is 0 Å². The van der Waals surface area contributed by atoms with Crippen molar-refractivity contribution in [1.29, 1.82) is 0 Å². The lowest BCUT2D eigenvalue weighted by atomic mass is 10.1. The Morgan fingerprint density at radius 3 is 2.68 bits per heavy atom. The van der Waals surface area contributed by atoms with Gasteiger partial charge in [0.1, 0.15) is 11.6 Å². The zero-order valence-electron chi connectivity index (χ0n) is 15.5. The van der Waals surface area contributed by atoms with Crippen LogP contribution in [0.25, 0.3) is 10.7 Å². The fraction of sp³-hybridized carbons (Fsp3) is 0.400. The summed E-state index contributed by atoms with van der Waals surface area (Å²) in [4.78, 5) is 10.0. The highest BCUT2D eigenvalue weighted by Gasteiger charge is 2.18. The molecule has 28 heavy (non-hydrogen) atoms. The first-order valence-corrected chi connectivity index (χ1v) is 10.3. The van der Waals surface area contributed by atoms with Crippen LogP contribution in [0.1, 0.15) is 17.9 Å². The molecule has 0 bridgehead atoms. The van der Waals surface area contributed by atoms with Crippen LogP contribution >= 0.6 is 11.3 Å². The van der Waals surface area contributed by atoms with Gasteiger partial charge in [0.15, 0.2) is 0 Å². The van der Waals surface area contributed by atoms with Gasteiger partial charge in [0, 0.05) is 44.7 Å². The van der Waals surface area contributed by atoms with E-state index in [2.05, 4.69) is 19.9 Å². The summed E-state index contributed by atoms with van der Waals surface area (Å²) in [5.41, 5.74) is 0.423. The smallest absolute Gasteiger partial charge is 0.227 e. The highest BCUT2D eigenvalue weighted by molar-refractivity contribution is 7.13. The minimum Gasteiger partial charge on any atom is -0.339 e. The number of piperazine rings is 1. The average molecular weight is 404 g/mol. The molecule has 1 aromatic carbocycles. The molecule has 3 heterocycles. The monoisotopic (exact) mass is 404 g/mol. The molecule has 1 aliphatic heterocycles. The summed E-state index contributed by atoms with van der Waals surface area (Å²) in [5, 5.41) is 6.03. The molecule has 0 spiro atoms. The van der Waals surface area contributed by atoms with E-state index in [1.807, 2.05) is 17.5 Å². The predicted octanol–water partition coefficient (Wildman–Crippen LogP) is 3.83. The maximum Gasteiger partial charge on any atom is 0.227 e. The lowest BCUT2D eigenvalue weighted by Gasteiger charge is -2.34. The van der Waals surface area contributed by atoms with E-state index in [1.54, 1.807) is 11.3 Å². The molecule has 148 valence electrons. The zero-order chi connectivity index (χ0) is 19.3. The molecule has 8 heteroatoms. The Kier molecular flexibility index (Phi) is 6.09. The molecule has 0 aliphatic carbocycles. The van der Waals surface area contributed by atoms with Crippen molar-refractivity contribution in [3.8, 4) is 10.7 Å². The minimum absolute atomic E-state index is 0.342. The van der Waals surface area contributed by atoms with E-state index in [0.717, 1.165) is 56.5 Å². The third-order valence-corrected chi connectivity index (χ3v) is 5.81. The van der Waals surface area contributed by atoms with Crippen molar-refractivity contribution in [3.05, 3.63) is 58.8 Å². The molecule has 0 saturated carbocycles. The molecule has 5 nitrogen and oxygen atoms in total. The van der Waals surface area contributed by atoms with Crippen molar-refractivity contribution in [2.75, 3.05) is 32.7 Å². The number of thiophene rings is 1. The van der Waals surface area contributed by atoms with E-state index < -0.39 is 5.82 Å². The molecule has 0 radical (unpaired) electrons. The van der Waals surface area contributed by atoms with Gasteiger partial charge in [-0.1, -0.05) is 11.2 Å². The van der Waals surface area contributed by atoms with Crippen LogP contribution in [-0.2, 0) is 13.0 Å². The number of aromatic nitrogens is 2. The molecule has 1 fully saturated rings. The first-order chi connectivity index (χ1) is 13.7. The summed E-state index contributed by atoms with van der Waals surface area (Å²) in [6.07, 6.45) is 1.71. The van der Waals surface area contributed by atoms with Gasteiger partial charge in [-0.15, -0.1) is 11.3 Å². The molecule has 0 atom stereocenters. The molecular weight excluding hydrogens is 382 g/mol. The van der Waals surface area contributed by atoms with E-state index in [9.17, 15) is 8.78 Å². The van der Waals surface area contributed by atoms with Gasteiger partial charge in [0.25, 0.3) is 0 Å². The van der Waals surface area contributed by atoms with Crippen molar-refractivity contribution in [2.45, 2.75) is 19.4 Å². The zero-order valence-corrected chi connectivity index (χ0v) is 16.3. The number of hydrogen-bond acceptors (Lipinski definition) is 6. The number of benzene rings is 1. The van der Waals surface area contributed by atoms with E-state index in [4.69, 9.17) is 4.52 Å². The molecule has 4 rings (SSSR count). The highest BCUT2D eigenvalue weighted by Crippen LogP contribution is 2.21. The topological polar surface area (TPSA) is 45.4 Å². The number of aryl methyl sites for hydroxylation is 1. The summed E-state index contributed by atoms with van der Waals surface area (Å²) < 4.78 is 32.4. The fourth-order valence-corrected chi connectivity index (χ4v) is 4.04. The van der Waals surface area contributed by atoms with Crippen LogP contribution in [-0.4, -0.2) is 52.7 Å². The summed E-state index contributed by atoms with van der Waals surface area (Å²) >= 11 is 1.60. The van der Waals surface area contributed by atoms with Crippen LogP contribution in [0.5, 0.6) is 0 Å². The Morgan fingerprint density at radius 2 is 1.89 bits per heavy atom. The largest absolute Gasteiger partial charge is 0.339 e. The molecule has 0 amide bonds. The Morgan fingerprint density at radius 1 is 1.07 bits per heavy atom. The van der Waals surface area contributed by atoms with Gasteiger partial charge in [0.2, 0.25) is 11.7 Å². The Hall–Kier alpha value is -2.16. The summed E-state index contributed by atoms with van der Waals surface area (Å²) in [7, 11) is 0. The van der Waals surface area contributed by atoms with Crippen molar-refractivity contribution in [3.63, 3.8) is 0 Å². The van der Waals surface area contributed by atoms with E-state index >= 15 is 0 Å². The Bertz CT molecular complexity index is 892. The molecule has 1 aliphatic rings. The average Bonchev–Trinajstić information content (AvgIpc) is 3.38. The number of nitrogens with zero attached hydrogens (tertiary/aromatic N) is 4. The van der Waals surface area contributed by atoms with Crippen LogP contribution in [0.15, 0.2) is 40.2 Å². The first-order valence-electron chi connectivity index (χ1n) is 9.42. The molecule has 0 unspecified atom stereocenters. The fourth-order valence-electron chi connectivity index (χ4n) is 3.39. The standard InChI is InChI=1S/C20H22F2N4OS/c21-16-5-6-17(22)15(13-16)14-26-10-8-25(9-11-26)7-1-4-19-23-20(24-27-19)18-3-2-12-28-18/h2-3,5-6,12-13H,1,4,7-11,14H2. The van der Waals surface area contributed by atoms with Gasteiger partial charge >= 0.3 is 0 Å². The molecule has 1 saturated heterocycles. The van der Waals surface area contributed by atoms with E-state index in [1.165, 1.54) is 12.1 Å². The van der Waals surface area contributed by atoms with Gasteiger partial charge in [0.05, 0.1) is 4.88 Å². The SMILES string of the molecule is Fc1ccc(F)c(CN2CCN(CCCc3nc(-c4cccs4)no3)CC2)c1. The van der Waals surface area contributed by atoms with E-state index in [-0.39, 0.29) is 5.82 Å². The predicted molar refractivity (Wildman–Crippen MR) is 104 cm³/mol. The van der Waals surface area contributed by atoms with Gasteiger partial charge < -0.3 is 9.42 Å². The second-order valence-corrected chi connectivity index (χ2v) is 7.89. The lowest BCUT2D eigenvalue weighted by molar-refractivity contribution is 0.124. The van der Waals surface area contributed by atoms with Crippen molar-refractivity contribution in [1.82, 2.24) is 19.9 Å². The third kappa shape index (κ3) is 4.81. The number of hydrogen-bond donors (Lipinski definition) is 0. The number of rotatable bonds is 7. The van der Waals surface area contributed by atoms with Gasteiger partial charge in [-0.05, 0) is 42.6 Å². The second kappa shape index (κ2) is 8.89. The highest BCUT2D eigenvalue weighted by atomic mass is 32.1. The molecule has 3 aromatic rings. The molecule has 0 N–H and O–H groups in total. The van der Waals surface area contributed by atoms with Gasteiger partial charge in [-0.2, -0.15) is 4.98 Å². The summed E-state index contributed by atoms with van der Waals surface area (Å²) in [6.45, 7) is 4.93. The normalized spacial score (nSPS) is 15.9. The summed E-state index contributed by atoms with van der Waals surface area (Å²) in [6, 6.07) is 7.59. The lowest BCUT2D eigenvalue weighted by Crippen LogP contribution is -2.46. The maximum absolute atomic E-state index is 13.8. The van der Waals surface area contributed by atoms with Gasteiger partial charge in [-0.25, -0.2) is 8.78 Å². The van der Waals surface area contributed by atoms with Crippen molar-refractivity contribution >= 4 is 11.3 Å². The van der Waals surface area contributed by atoms with Crippen molar-refractivity contribution in [2.24, 2.45) is 0 Å². The van der Waals surface area contributed by atoms with Crippen LogP contribution in [0.4, 0.5) is 8.78 Å². The van der Waals surface area contributed by atoms with Crippen LogP contribution in [0.2, 0.25) is 0 Å². The van der Waals surface area contributed by atoms with Crippen LogP contribution < -0.4 is 0 Å². The summed E-state index contributed by atoms with van der Waals surface area (Å²) in [5.74, 6) is 0.593. The maximum atomic E-state index is 13.8. The van der Waals surface area contributed by atoms with Crippen molar-refractivity contribution < 1.29 is 13.3 Å². The second-order valence-electron chi connectivity index (χ2n) is 6.95. The molecular formula is C20H22F2N4OS. The molecule has 2 aromatic heterocycles. The first kappa shape index (κ1) is 19.2. The Labute approximate surface area is 166 Å². The quantitative estimate of drug-likeness (QED) is 0.599. The minimum atomic E-state index is -0.390.